The van der Waals surface area contributed by atoms with Gasteiger partial charge in [-0.3, -0.25) is 0 Å². The van der Waals surface area contributed by atoms with E-state index in [-0.39, 0.29) is 0 Å². The number of unbranched alkanes of at least 4 members (excludes halogenated alkanes) is 1. The van der Waals surface area contributed by atoms with Gasteiger partial charge in [0.05, 0.1) is 0 Å². The molecule has 1 aliphatic rings. The van der Waals surface area contributed by atoms with Crippen molar-refractivity contribution < 1.29 is 0 Å². The van der Waals surface area contributed by atoms with E-state index in [0.29, 0.717) is 0 Å². The molecule has 1 atom stereocenters. The fourth-order valence-electron chi connectivity index (χ4n) is 2.36. The second-order valence-electron chi connectivity index (χ2n) is 5.49. The van der Waals surface area contributed by atoms with E-state index in [9.17, 15) is 0 Å². The summed E-state index contributed by atoms with van der Waals surface area (Å²) in [6.07, 6.45) is 7.75. The van der Waals surface area contributed by atoms with Crippen molar-refractivity contribution in [3.05, 3.63) is 34.9 Å². The van der Waals surface area contributed by atoms with E-state index in [1.54, 1.807) is 0 Å². The van der Waals surface area contributed by atoms with E-state index in [4.69, 9.17) is 11.6 Å². The van der Waals surface area contributed by atoms with Crippen LogP contribution in [0.25, 0.3) is 0 Å². The first kappa shape index (κ1) is 13.9. The van der Waals surface area contributed by atoms with Crippen molar-refractivity contribution in [2.75, 3.05) is 6.54 Å². The first-order valence-electron chi connectivity index (χ1n) is 7.26. The number of rotatable bonds is 8. The maximum absolute atomic E-state index is 6.26. The van der Waals surface area contributed by atoms with Crippen molar-refractivity contribution in [3.8, 4) is 0 Å². The lowest BCUT2D eigenvalue weighted by Gasteiger charge is -2.18. The van der Waals surface area contributed by atoms with Crippen molar-refractivity contribution >= 4 is 11.6 Å². The minimum Gasteiger partial charge on any atom is -0.314 e. The highest BCUT2D eigenvalue weighted by atomic mass is 35.5. The van der Waals surface area contributed by atoms with Gasteiger partial charge in [0, 0.05) is 11.1 Å². The van der Waals surface area contributed by atoms with Crippen LogP contribution in [0.15, 0.2) is 24.3 Å². The van der Waals surface area contributed by atoms with Gasteiger partial charge < -0.3 is 5.32 Å². The predicted molar refractivity (Wildman–Crippen MR) is 79.2 cm³/mol. The molecule has 0 aromatic heterocycles. The molecule has 100 valence electrons. The summed E-state index contributed by atoms with van der Waals surface area (Å²) in [4.78, 5) is 0. The van der Waals surface area contributed by atoms with Gasteiger partial charge in [-0.2, -0.15) is 0 Å². The van der Waals surface area contributed by atoms with Crippen LogP contribution in [0.5, 0.6) is 0 Å². The SMILES string of the molecule is CCCCC(CNC1CC1)Cc1ccccc1Cl. The number of benzene rings is 1. The summed E-state index contributed by atoms with van der Waals surface area (Å²) < 4.78 is 0. The zero-order valence-electron chi connectivity index (χ0n) is 11.3. The quantitative estimate of drug-likeness (QED) is 0.733. The van der Waals surface area contributed by atoms with Crippen LogP contribution in [0, 0.1) is 5.92 Å². The summed E-state index contributed by atoms with van der Waals surface area (Å²) in [6, 6.07) is 9.07. The van der Waals surface area contributed by atoms with E-state index in [1.165, 1.54) is 37.7 Å². The summed E-state index contributed by atoms with van der Waals surface area (Å²) >= 11 is 6.26. The molecule has 0 saturated heterocycles. The molecule has 0 heterocycles. The monoisotopic (exact) mass is 265 g/mol. The summed E-state index contributed by atoms with van der Waals surface area (Å²) in [7, 11) is 0. The minimum atomic E-state index is 0.727. The highest BCUT2D eigenvalue weighted by Crippen LogP contribution is 2.23. The van der Waals surface area contributed by atoms with Crippen molar-refractivity contribution in [2.24, 2.45) is 5.92 Å². The Morgan fingerprint density at radius 1 is 1.33 bits per heavy atom. The van der Waals surface area contributed by atoms with Crippen molar-refractivity contribution in [1.82, 2.24) is 5.32 Å². The molecule has 1 N–H and O–H groups in total. The molecule has 0 spiro atoms. The third-order valence-electron chi connectivity index (χ3n) is 3.70. The molecule has 1 nitrogen and oxygen atoms in total. The average molecular weight is 266 g/mol. The molecule has 18 heavy (non-hydrogen) atoms. The number of hydrogen-bond acceptors (Lipinski definition) is 1. The number of hydrogen-bond donors (Lipinski definition) is 1. The number of nitrogens with one attached hydrogen (secondary N) is 1. The van der Waals surface area contributed by atoms with Gasteiger partial charge in [-0.05, 0) is 49.8 Å². The third kappa shape index (κ3) is 4.62. The van der Waals surface area contributed by atoms with Crippen LogP contribution in [0.2, 0.25) is 5.02 Å². The van der Waals surface area contributed by atoms with E-state index in [2.05, 4.69) is 24.4 Å². The van der Waals surface area contributed by atoms with Crippen LogP contribution in [0.4, 0.5) is 0 Å². The van der Waals surface area contributed by atoms with Crippen LogP contribution >= 0.6 is 11.6 Å². The van der Waals surface area contributed by atoms with Gasteiger partial charge in [0.2, 0.25) is 0 Å². The molecule has 0 radical (unpaired) electrons. The lowest BCUT2D eigenvalue weighted by molar-refractivity contribution is 0.427. The Bertz CT molecular complexity index is 360. The molecule has 2 rings (SSSR count). The smallest absolute Gasteiger partial charge is 0.0438 e. The van der Waals surface area contributed by atoms with E-state index in [1.807, 2.05) is 12.1 Å². The molecule has 1 unspecified atom stereocenters. The molecular formula is C16H24ClN. The largest absolute Gasteiger partial charge is 0.314 e. The first-order valence-corrected chi connectivity index (χ1v) is 7.64. The van der Waals surface area contributed by atoms with Crippen LogP contribution in [-0.4, -0.2) is 12.6 Å². The predicted octanol–water partition coefficient (Wildman–Crippen LogP) is 4.44. The summed E-state index contributed by atoms with van der Waals surface area (Å²) in [6.45, 7) is 3.41. The normalized spacial score (nSPS) is 16.8. The van der Waals surface area contributed by atoms with Crippen molar-refractivity contribution in [2.45, 2.75) is 51.5 Å². The van der Waals surface area contributed by atoms with Crippen molar-refractivity contribution in [3.63, 3.8) is 0 Å². The molecule has 1 aromatic rings. The highest BCUT2D eigenvalue weighted by molar-refractivity contribution is 6.31. The Kier molecular flexibility index (Phi) is 5.52. The molecule has 1 aliphatic carbocycles. The highest BCUT2D eigenvalue weighted by Gasteiger charge is 2.22. The van der Waals surface area contributed by atoms with E-state index >= 15 is 0 Å². The molecule has 0 bridgehead atoms. The third-order valence-corrected chi connectivity index (χ3v) is 4.07. The van der Waals surface area contributed by atoms with Crippen LogP contribution < -0.4 is 5.32 Å². The standard InChI is InChI=1S/C16H24ClN/c1-2-3-6-13(12-18-15-9-10-15)11-14-7-4-5-8-16(14)17/h4-5,7-8,13,15,18H,2-3,6,9-12H2,1H3. The van der Waals surface area contributed by atoms with Gasteiger partial charge in [-0.1, -0.05) is 49.6 Å². The second kappa shape index (κ2) is 7.16. The molecule has 0 amide bonds. The van der Waals surface area contributed by atoms with Gasteiger partial charge >= 0.3 is 0 Å². The van der Waals surface area contributed by atoms with Gasteiger partial charge in [0.25, 0.3) is 0 Å². The van der Waals surface area contributed by atoms with Gasteiger partial charge in [-0.25, -0.2) is 0 Å². The Labute approximate surface area is 116 Å². The fraction of sp³-hybridized carbons (Fsp3) is 0.625. The number of halogens is 1. The van der Waals surface area contributed by atoms with Gasteiger partial charge in [-0.15, -0.1) is 0 Å². The average Bonchev–Trinajstić information content (AvgIpc) is 3.19. The molecule has 1 aromatic carbocycles. The van der Waals surface area contributed by atoms with Gasteiger partial charge in [0.15, 0.2) is 0 Å². The summed E-state index contributed by atoms with van der Waals surface area (Å²) in [5, 5.41) is 4.58. The summed E-state index contributed by atoms with van der Waals surface area (Å²) in [5.41, 5.74) is 1.30. The second-order valence-corrected chi connectivity index (χ2v) is 5.89. The van der Waals surface area contributed by atoms with Gasteiger partial charge in [0.1, 0.15) is 0 Å². The van der Waals surface area contributed by atoms with Crippen LogP contribution in [-0.2, 0) is 6.42 Å². The fourth-order valence-corrected chi connectivity index (χ4v) is 2.58. The molecule has 1 fully saturated rings. The molecule has 0 aliphatic heterocycles. The zero-order valence-corrected chi connectivity index (χ0v) is 12.0. The Hall–Kier alpha value is -0.530. The topological polar surface area (TPSA) is 12.0 Å². The first-order chi connectivity index (χ1) is 8.79. The Morgan fingerprint density at radius 2 is 2.11 bits per heavy atom. The van der Waals surface area contributed by atoms with Crippen LogP contribution in [0.1, 0.15) is 44.6 Å². The Morgan fingerprint density at radius 3 is 2.78 bits per heavy atom. The lowest BCUT2D eigenvalue weighted by atomic mass is 9.94. The maximum Gasteiger partial charge on any atom is 0.0438 e. The minimum absolute atomic E-state index is 0.727. The molecular weight excluding hydrogens is 242 g/mol. The van der Waals surface area contributed by atoms with E-state index in [0.717, 1.165) is 29.9 Å². The summed E-state index contributed by atoms with van der Waals surface area (Å²) in [5.74, 6) is 0.727. The Balaban J connectivity index is 1.87. The van der Waals surface area contributed by atoms with Crippen molar-refractivity contribution in [1.29, 1.82) is 0 Å². The zero-order chi connectivity index (χ0) is 12.8. The lowest BCUT2D eigenvalue weighted by Crippen LogP contribution is -2.26. The molecule has 1 saturated carbocycles. The maximum atomic E-state index is 6.26. The molecule has 2 heteroatoms. The van der Waals surface area contributed by atoms with E-state index < -0.39 is 0 Å². The van der Waals surface area contributed by atoms with Crippen LogP contribution in [0.3, 0.4) is 0 Å².